The van der Waals surface area contributed by atoms with Crippen molar-refractivity contribution in [1.82, 2.24) is 24.5 Å². The van der Waals surface area contributed by atoms with Crippen LogP contribution < -0.4 is 0 Å². The number of hydrogen-bond donors (Lipinski definition) is 0. The molecule has 0 saturated heterocycles. The highest BCUT2D eigenvalue weighted by Gasteiger charge is 2.05. The van der Waals surface area contributed by atoms with Gasteiger partial charge in [-0.2, -0.15) is 0 Å². The Morgan fingerprint density at radius 1 is 0.955 bits per heavy atom. The van der Waals surface area contributed by atoms with Gasteiger partial charge in [0.1, 0.15) is 5.69 Å². The smallest absolute Gasteiger partial charge is 0.102 e. The molecule has 5 heteroatoms. The average Bonchev–Trinajstić information content (AvgIpc) is 3.20. The number of rotatable bonds is 4. The molecule has 5 nitrogen and oxygen atoms in total. The van der Waals surface area contributed by atoms with Gasteiger partial charge in [0, 0.05) is 12.4 Å². The summed E-state index contributed by atoms with van der Waals surface area (Å²) in [6.45, 7) is 1.41. The van der Waals surface area contributed by atoms with Crippen molar-refractivity contribution in [3.8, 4) is 0 Å². The quantitative estimate of drug-likeness (QED) is 0.580. The predicted octanol–water partition coefficient (Wildman–Crippen LogP) is 2.72. The van der Waals surface area contributed by atoms with Crippen LogP contribution >= 0.6 is 0 Å². The van der Waals surface area contributed by atoms with Crippen molar-refractivity contribution in [3.05, 3.63) is 78.6 Å². The molecule has 2 aromatic heterocycles. The van der Waals surface area contributed by atoms with Gasteiger partial charge in [-0.25, -0.2) is 9.67 Å². The van der Waals surface area contributed by atoms with Crippen LogP contribution in [-0.4, -0.2) is 24.5 Å². The van der Waals surface area contributed by atoms with E-state index >= 15 is 0 Å². The Kier molecular flexibility index (Phi) is 3.16. The zero-order valence-electron chi connectivity index (χ0n) is 12.0. The molecule has 0 unspecified atom stereocenters. The molecule has 0 saturated carbocycles. The lowest BCUT2D eigenvalue weighted by Gasteiger charge is -2.06. The summed E-state index contributed by atoms with van der Waals surface area (Å²) in [5.41, 5.74) is 2.18. The molecule has 0 aliphatic carbocycles. The molecule has 108 valence electrons. The summed E-state index contributed by atoms with van der Waals surface area (Å²) in [6, 6.07) is 14.8. The molecule has 0 aliphatic heterocycles. The fourth-order valence-electron chi connectivity index (χ4n) is 2.66. The number of aromatic nitrogens is 5. The van der Waals surface area contributed by atoms with E-state index in [0.717, 1.165) is 12.2 Å². The number of nitrogens with zero attached hydrogens (tertiary/aromatic N) is 5. The highest BCUT2D eigenvalue weighted by molar-refractivity contribution is 5.85. The first kappa shape index (κ1) is 12.8. The summed E-state index contributed by atoms with van der Waals surface area (Å²) < 4.78 is 3.86. The van der Waals surface area contributed by atoms with E-state index in [1.165, 1.54) is 16.3 Å². The van der Waals surface area contributed by atoms with Gasteiger partial charge in [-0.1, -0.05) is 47.7 Å². The molecule has 0 spiro atoms. The third kappa shape index (κ3) is 2.48. The summed E-state index contributed by atoms with van der Waals surface area (Å²) in [4.78, 5) is 4.04. The van der Waals surface area contributed by atoms with Crippen molar-refractivity contribution < 1.29 is 0 Å². The number of hydrogen-bond acceptors (Lipinski definition) is 3. The number of imidazole rings is 1. The van der Waals surface area contributed by atoms with Crippen LogP contribution in [0.1, 0.15) is 11.3 Å². The van der Waals surface area contributed by atoms with Crippen molar-refractivity contribution >= 4 is 10.8 Å². The van der Waals surface area contributed by atoms with Gasteiger partial charge >= 0.3 is 0 Å². The van der Waals surface area contributed by atoms with E-state index in [1.54, 1.807) is 12.5 Å². The Balaban J connectivity index is 1.59. The second-order valence-electron chi connectivity index (χ2n) is 5.28. The van der Waals surface area contributed by atoms with Gasteiger partial charge in [0.2, 0.25) is 0 Å². The molecule has 0 aliphatic rings. The van der Waals surface area contributed by atoms with E-state index < -0.39 is 0 Å². The Hall–Kier alpha value is -2.95. The largest absolute Gasteiger partial charge is 0.331 e. The van der Waals surface area contributed by atoms with Gasteiger partial charge < -0.3 is 4.57 Å². The predicted molar refractivity (Wildman–Crippen MR) is 84.4 cm³/mol. The first-order chi connectivity index (χ1) is 10.9. The van der Waals surface area contributed by atoms with Crippen LogP contribution in [0.5, 0.6) is 0 Å². The topological polar surface area (TPSA) is 48.5 Å². The average molecular weight is 289 g/mol. The van der Waals surface area contributed by atoms with Crippen molar-refractivity contribution in [3.63, 3.8) is 0 Å². The molecule has 2 aromatic carbocycles. The molecule has 0 fully saturated rings. The van der Waals surface area contributed by atoms with Crippen molar-refractivity contribution in [2.45, 2.75) is 13.1 Å². The summed E-state index contributed by atoms with van der Waals surface area (Å²) in [7, 11) is 0. The minimum atomic E-state index is 0.690. The maximum Gasteiger partial charge on any atom is 0.102 e. The zero-order chi connectivity index (χ0) is 14.8. The molecule has 0 N–H and O–H groups in total. The van der Waals surface area contributed by atoms with Gasteiger partial charge in [-0.15, -0.1) is 5.10 Å². The summed E-state index contributed by atoms with van der Waals surface area (Å²) in [5.74, 6) is 0. The molecular weight excluding hydrogens is 274 g/mol. The molecular formula is C17H15N5. The second-order valence-corrected chi connectivity index (χ2v) is 5.28. The van der Waals surface area contributed by atoms with E-state index in [0.29, 0.717) is 6.54 Å². The normalized spacial score (nSPS) is 11.1. The van der Waals surface area contributed by atoms with Crippen molar-refractivity contribution in [1.29, 1.82) is 0 Å². The van der Waals surface area contributed by atoms with Gasteiger partial charge in [-0.05, 0) is 16.3 Å². The lowest BCUT2D eigenvalue weighted by atomic mass is 10.0. The molecule has 4 rings (SSSR count). The molecule has 4 aromatic rings. The minimum Gasteiger partial charge on any atom is -0.331 e. The fraction of sp³-hybridized carbons (Fsp3) is 0.118. The molecule has 0 amide bonds. The Labute approximate surface area is 127 Å². The molecule has 0 bridgehead atoms. The van der Waals surface area contributed by atoms with Crippen LogP contribution in [0, 0.1) is 0 Å². The minimum absolute atomic E-state index is 0.690. The summed E-state index contributed by atoms with van der Waals surface area (Å²) in [5, 5.41) is 11.0. The second kappa shape index (κ2) is 5.44. The molecule has 22 heavy (non-hydrogen) atoms. The molecule has 2 heterocycles. The first-order valence-corrected chi connectivity index (χ1v) is 7.20. The highest BCUT2D eigenvalue weighted by Crippen LogP contribution is 2.19. The van der Waals surface area contributed by atoms with Crippen molar-refractivity contribution in [2.24, 2.45) is 0 Å². The van der Waals surface area contributed by atoms with Crippen molar-refractivity contribution in [2.75, 3.05) is 0 Å². The Bertz CT molecular complexity index is 887. The SMILES string of the molecule is c1ccc2c(Cn3cc(Cn4ccnc4)nn3)cccc2c1. The zero-order valence-corrected chi connectivity index (χ0v) is 12.0. The van der Waals surface area contributed by atoms with Crippen LogP contribution in [-0.2, 0) is 13.1 Å². The van der Waals surface area contributed by atoms with Gasteiger partial charge in [0.15, 0.2) is 0 Å². The first-order valence-electron chi connectivity index (χ1n) is 7.20. The Morgan fingerprint density at radius 3 is 2.77 bits per heavy atom. The number of benzene rings is 2. The van der Waals surface area contributed by atoms with Crippen LogP contribution in [0.2, 0.25) is 0 Å². The van der Waals surface area contributed by atoms with Crippen LogP contribution in [0.4, 0.5) is 0 Å². The maximum atomic E-state index is 4.23. The number of fused-ring (bicyclic) bond motifs is 1. The fourth-order valence-corrected chi connectivity index (χ4v) is 2.66. The van der Waals surface area contributed by atoms with E-state index in [1.807, 2.05) is 21.6 Å². The lowest BCUT2D eigenvalue weighted by Crippen LogP contribution is -2.01. The van der Waals surface area contributed by atoms with E-state index in [2.05, 4.69) is 57.8 Å². The van der Waals surface area contributed by atoms with Gasteiger partial charge in [-0.3, -0.25) is 0 Å². The molecule has 0 atom stereocenters. The third-order valence-electron chi connectivity index (χ3n) is 3.70. The summed E-state index contributed by atoms with van der Waals surface area (Å²) in [6.07, 6.45) is 7.45. The highest BCUT2D eigenvalue weighted by atomic mass is 15.4. The standard InChI is InChI=1S/C17H15N5/c1-2-7-17-14(4-1)5-3-6-15(17)10-22-12-16(19-20-22)11-21-9-8-18-13-21/h1-9,12-13H,10-11H2. The van der Waals surface area contributed by atoms with Gasteiger partial charge in [0.25, 0.3) is 0 Å². The maximum absolute atomic E-state index is 4.23. The van der Waals surface area contributed by atoms with E-state index in [9.17, 15) is 0 Å². The van der Waals surface area contributed by atoms with E-state index in [-0.39, 0.29) is 0 Å². The molecule has 0 radical (unpaired) electrons. The van der Waals surface area contributed by atoms with Crippen LogP contribution in [0.3, 0.4) is 0 Å². The Morgan fingerprint density at radius 2 is 1.86 bits per heavy atom. The summed E-state index contributed by atoms with van der Waals surface area (Å²) >= 11 is 0. The van der Waals surface area contributed by atoms with Gasteiger partial charge in [0.05, 0.1) is 25.6 Å². The monoisotopic (exact) mass is 289 g/mol. The lowest BCUT2D eigenvalue weighted by molar-refractivity contribution is 0.651. The van der Waals surface area contributed by atoms with E-state index in [4.69, 9.17) is 0 Å². The van der Waals surface area contributed by atoms with Crippen LogP contribution in [0.25, 0.3) is 10.8 Å². The third-order valence-corrected chi connectivity index (χ3v) is 3.70. The van der Waals surface area contributed by atoms with Crippen LogP contribution in [0.15, 0.2) is 67.4 Å².